The minimum Gasteiger partial charge on any atom is -0.483 e. The number of carbonyl (C=O) groups excluding carboxylic acids is 2. The first-order chi connectivity index (χ1) is 14.2. The van der Waals surface area contributed by atoms with Crippen molar-refractivity contribution in [3.8, 4) is 5.75 Å². The molecule has 0 aromatic heterocycles. The van der Waals surface area contributed by atoms with Crippen molar-refractivity contribution < 1.29 is 19.1 Å². The average Bonchev–Trinajstić information content (AvgIpc) is 2.72. The molecule has 160 valence electrons. The number of halogens is 1. The second-order valence-electron chi connectivity index (χ2n) is 8.22. The SMILES string of the molecule is CC(C)(C)c1ccc(OCC(=O)Nc2cccc(C(=O)N3CCOCC3)c2)c(Br)c1. The molecule has 1 aliphatic rings. The van der Waals surface area contributed by atoms with Gasteiger partial charge in [-0.1, -0.05) is 32.9 Å². The van der Waals surface area contributed by atoms with E-state index in [9.17, 15) is 9.59 Å². The molecule has 0 saturated carbocycles. The van der Waals surface area contributed by atoms with Crippen molar-refractivity contribution in [3.05, 3.63) is 58.1 Å². The van der Waals surface area contributed by atoms with Gasteiger partial charge in [-0.3, -0.25) is 9.59 Å². The Morgan fingerprint density at radius 1 is 1.13 bits per heavy atom. The average molecular weight is 475 g/mol. The Hall–Kier alpha value is -2.38. The molecular formula is C23H27BrN2O4. The minimum absolute atomic E-state index is 0.0299. The van der Waals surface area contributed by atoms with Gasteiger partial charge in [0.05, 0.1) is 17.7 Å². The van der Waals surface area contributed by atoms with E-state index >= 15 is 0 Å². The predicted molar refractivity (Wildman–Crippen MR) is 120 cm³/mol. The van der Waals surface area contributed by atoms with Gasteiger partial charge in [-0.25, -0.2) is 0 Å². The van der Waals surface area contributed by atoms with Crippen LogP contribution >= 0.6 is 15.9 Å². The van der Waals surface area contributed by atoms with Crippen LogP contribution in [0.3, 0.4) is 0 Å². The summed E-state index contributed by atoms with van der Waals surface area (Å²) in [5, 5.41) is 2.79. The van der Waals surface area contributed by atoms with Crippen molar-refractivity contribution in [2.75, 3.05) is 38.2 Å². The Morgan fingerprint density at radius 3 is 2.53 bits per heavy atom. The maximum absolute atomic E-state index is 12.6. The monoisotopic (exact) mass is 474 g/mol. The highest BCUT2D eigenvalue weighted by atomic mass is 79.9. The fraction of sp³-hybridized carbons (Fsp3) is 0.391. The van der Waals surface area contributed by atoms with E-state index in [0.717, 1.165) is 4.47 Å². The molecule has 1 N–H and O–H groups in total. The van der Waals surface area contributed by atoms with Crippen molar-refractivity contribution in [1.29, 1.82) is 0 Å². The third-order valence-electron chi connectivity index (χ3n) is 4.85. The Bertz CT molecular complexity index is 918. The maximum Gasteiger partial charge on any atom is 0.262 e. The van der Waals surface area contributed by atoms with Crippen molar-refractivity contribution in [2.45, 2.75) is 26.2 Å². The molecule has 2 aromatic carbocycles. The zero-order valence-corrected chi connectivity index (χ0v) is 19.1. The summed E-state index contributed by atoms with van der Waals surface area (Å²) in [6.07, 6.45) is 0. The lowest BCUT2D eigenvalue weighted by Crippen LogP contribution is -2.40. The van der Waals surface area contributed by atoms with Crippen LogP contribution in [0.1, 0.15) is 36.7 Å². The fourth-order valence-corrected chi connectivity index (χ4v) is 3.60. The summed E-state index contributed by atoms with van der Waals surface area (Å²) in [5.41, 5.74) is 2.30. The number of benzene rings is 2. The van der Waals surface area contributed by atoms with Gasteiger partial charge >= 0.3 is 0 Å². The number of morpholine rings is 1. The first-order valence-corrected chi connectivity index (χ1v) is 10.7. The van der Waals surface area contributed by atoms with Crippen LogP contribution in [-0.4, -0.2) is 49.6 Å². The molecule has 0 unspecified atom stereocenters. The van der Waals surface area contributed by atoms with Crippen LogP contribution in [0.15, 0.2) is 46.9 Å². The summed E-state index contributed by atoms with van der Waals surface area (Å²) >= 11 is 3.51. The van der Waals surface area contributed by atoms with Crippen LogP contribution in [0.4, 0.5) is 5.69 Å². The standard InChI is InChI=1S/C23H27BrN2O4/c1-23(2,3)17-7-8-20(19(24)14-17)30-15-21(27)25-18-6-4-5-16(13-18)22(28)26-9-11-29-12-10-26/h4-8,13-14H,9-12,15H2,1-3H3,(H,25,27). The second-order valence-corrected chi connectivity index (χ2v) is 9.07. The predicted octanol–water partition coefficient (Wildman–Crippen LogP) is 4.24. The number of nitrogens with zero attached hydrogens (tertiary/aromatic N) is 1. The summed E-state index contributed by atoms with van der Waals surface area (Å²) in [5.74, 6) is 0.251. The quantitative estimate of drug-likeness (QED) is 0.703. The molecule has 2 aromatic rings. The highest BCUT2D eigenvalue weighted by molar-refractivity contribution is 9.10. The van der Waals surface area contributed by atoms with E-state index in [-0.39, 0.29) is 23.8 Å². The molecule has 3 rings (SSSR count). The Kier molecular flexibility index (Phi) is 7.15. The van der Waals surface area contributed by atoms with Crippen LogP contribution in [0.2, 0.25) is 0 Å². The van der Waals surface area contributed by atoms with Crippen LogP contribution in [0.5, 0.6) is 5.75 Å². The third kappa shape index (κ3) is 5.83. The number of ether oxygens (including phenoxy) is 2. The van der Waals surface area contributed by atoms with Gasteiger partial charge in [-0.15, -0.1) is 0 Å². The lowest BCUT2D eigenvalue weighted by molar-refractivity contribution is -0.118. The van der Waals surface area contributed by atoms with E-state index in [1.807, 2.05) is 18.2 Å². The molecule has 6 nitrogen and oxygen atoms in total. The molecular weight excluding hydrogens is 448 g/mol. The summed E-state index contributed by atoms with van der Waals surface area (Å²) < 4.78 is 11.8. The molecule has 0 aliphatic carbocycles. The normalized spacial score (nSPS) is 14.3. The summed E-state index contributed by atoms with van der Waals surface area (Å²) in [6, 6.07) is 12.8. The van der Waals surface area contributed by atoms with E-state index in [2.05, 4.69) is 42.0 Å². The van der Waals surface area contributed by atoms with Crippen molar-refractivity contribution in [2.24, 2.45) is 0 Å². The number of hydrogen-bond donors (Lipinski definition) is 1. The largest absolute Gasteiger partial charge is 0.483 e. The van der Waals surface area contributed by atoms with Crippen molar-refractivity contribution in [3.63, 3.8) is 0 Å². The molecule has 7 heteroatoms. The van der Waals surface area contributed by atoms with E-state index in [4.69, 9.17) is 9.47 Å². The molecule has 1 aliphatic heterocycles. The van der Waals surface area contributed by atoms with E-state index in [0.29, 0.717) is 43.3 Å². The fourth-order valence-electron chi connectivity index (χ4n) is 3.10. The van der Waals surface area contributed by atoms with Gasteiger partial charge in [0, 0.05) is 24.3 Å². The highest BCUT2D eigenvalue weighted by Gasteiger charge is 2.19. The lowest BCUT2D eigenvalue weighted by atomic mass is 9.87. The number of nitrogens with one attached hydrogen (secondary N) is 1. The summed E-state index contributed by atoms with van der Waals surface area (Å²) in [7, 11) is 0. The summed E-state index contributed by atoms with van der Waals surface area (Å²) in [4.78, 5) is 26.7. The first kappa shape index (κ1) is 22.3. The molecule has 0 bridgehead atoms. The molecule has 0 spiro atoms. The molecule has 0 atom stereocenters. The molecule has 0 radical (unpaired) electrons. The third-order valence-corrected chi connectivity index (χ3v) is 5.47. The molecule has 1 heterocycles. The number of rotatable bonds is 5. The van der Waals surface area contributed by atoms with E-state index in [1.54, 1.807) is 29.2 Å². The van der Waals surface area contributed by atoms with E-state index in [1.165, 1.54) is 5.56 Å². The second kappa shape index (κ2) is 9.62. The van der Waals surface area contributed by atoms with Crippen molar-refractivity contribution in [1.82, 2.24) is 4.90 Å². The molecule has 1 saturated heterocycles. The van der Waals surface area contributed by atoms with E-state index < -0.39 is 0 Å². The van der Waals surface area contributed by atoms with Crippen LogP contribution < -0.4 is 10.1 Å². The van der Waals surface area contributed by atoms with Crippen LogP contribution in [0.25, 0.3) is 0 Å². The van der Waals surface area contributed by atoms with Gasteiger partial charge in [0.1, 0.15) is 5.75 Å². The Labute approximate surface area is 185 Å². The highest BCUT2D eigenvalue weighted by Crippen LogP contribution is 2.31. The minimum atomic E-state index is -0.294. The Morgan fingerprint density at radius 2 is 1.87 bits per heavy atom. The first-order valence-electron chi connectivity index (χ1n) is 9.94. The number of hydrogen-bond acceptors (Lipinski definition) is 4. The van der Waals surface area contributed by atoms with Crippen molar-refractivity contribution >= 4 is 33.4 Å². The van der Waals surface area contributed by atoms with Gasteiger partial charge in [0.25, 0.3) is 11.8 Å². The zero-order valence-electron chi connectivity index (χ0n) is 17.5. The molecule has 30 heavy (non-hydrogen) atoms. The summed E-state index contributed by atoms with van der Waals surface area (Å²) in [6.45, 7) is 8.53. The topological polar surface area (TPSA) is 67.9 Å². The Balaban J connectivity index is 1.58. The van der Waals surface area contributed by atoms with Crippen LogP contribution in [0, 0.1) is 0 Å². The van der Waals surface area contributed by atoms with Gasteiger partial charge in [-0.05, 0) is 57.2 Å². The van der Waals surface area contributed by atoms with Gasteiger partial charge in [-0.2, -0.15) is 0 Å². The molecule has 1 fully saturated rings. The number of anilines is 1. The lowest BCUT2D eigenvalue weighted by Gasteiger charge is -2.27. The number of amides is 2. The van der Waals surface area contributed by atoms with Crippen LogP contribution in [-0.2, 0) is 14.9 Å². The molecule has 2 amide bonds. The van der Waals surface area contributed by atoms with Gasteiger partial charge in [0.2, 0.25) is 0 Å². The van der Waals surface area contributed by atoms with Gasteiger partial charge in [0.15, 0.2) is 6.61 Å². The zero-order chi connectivity index (χ0) is 21.7. The maximum atomic E-state index is 12.6. The smallest absolute Gasteiger partial charge is 0.262 e. The van der Waals surface area contributed by atoms with Gasteiger partial charge < -0.3 is 19.7 Å². The number of carbonyl (C=O) groups is 2.